The number of hydrogen-bond acceptors (Lipinski definition) is 1. The van der Waals surface area contributed by atoms with E-state index in [1.165, 1.54) is 0 Å². The number of hydrogen-bond donors (Lipinski definition) is 1. The maximum absolute atomic E-state index is 5.03. The van der Waals surface area contributed by atoms with E-state index in [-0.39, 0.29) is 8.85 Å². The van der Waals surface area contributed by atoms with Crippen molar-refractivity contribution in [3.05, 3.63) is 0 Å². The van der Waals surface area contributed by atoms with Gasteiger partial charge in [-0.25, -0.2) is 0 Å². The summed E-state index contributed by atoms with van der Waals surface area (Å²) in [6, 6.07) is 0. The molecule has 1 heteroatoms. The molecule has 0 aliphatic rings. The molecule has 1 nitrogen and oxygen atoms in total. The highest BCUT2D eigenvalue weighted by molar-refractivity contribution is 4.19. The summed E-state index contributed by atoms with van der Waals surface area (Å²) in [5, 5.41) is 0. The molecule has 0 saturated heterocycles. The molecule has 2 N–H and O–H groups in total. The van der Waals surface area contributed by atoms with Crippen molar-refractivity contribution in [1.29, 1.82) is 0 Å². The molecule has 0 spiro atoms. The molecule has 0 aliphatic heterocycles. The molecule has 0 aliphatic carbocycles. The summed E-state index contributed by atoms with van der Waals surface area (Å²) >= 11 is 0. The van der Waals surface area contributed by atoms with Crippen LogP contribution in [0.3, 0.4) is 0 Å². The molecule has 0 aromatic heterocycles. The van der Waals surface area contributed by atoms with Crippen molar-refractivity contribution in [3.8, 4) is 0 Å². The second-order valence-corrected chi connectivity index (χ2v) is 0.789. The third-order valence-corrected chi connectivity index (χ3v) is 0.289. The van der Waals surface area contributed by atoms with Crippen molar-refractivity contribution in [3.63, 3.8) is 0 Å². The van der Waals surface area contributed by atoms with Crippen LogP contribution in [0.5, 0.6) is 0 Å². The zero-order valence-corrected chi connectivity index (χ0v) is 2.99. The first-order valence-corrected chi connectivity index (χ1v) is 1.62. The van der Waals surface area contributed by atoms with Crippen LogP contribution in [0.1, 0.15) is 22.2 Å². The average Bonchev–Trinajstić information content (AvgIpc) is 1.37. The van der Waals surface area contributed by atoms with Gasteiger partial charge in [-0.1, -0.05) is 14.4 Å². The van der Waals surface area contributed by atoms with Crippen molar-refractivity contribution < 1.29 is 1.43 Å². The molecule has 0 rings (SSSR count). The fourth-order valence-corrected chi connectivity index (χ4v) is 0. The average molecular weight is 76.2 g/mol. The topological polar surface area (TPSA) is 26.0 Å². The van der Waals surface area contributed by atoms with E-state index in [4.69, 9.17) is 5.73 Å². The van der Waals surface area contributed by atoms with E-state index in [0.29, 0.717) is 0 Å². The van der Waals surface area contributed by atoms with E-state index in [9.17, 15) is 0 Å². The molecular weight excluding hydrogens is 62.1 g/mol. The first-order chi connectivity index (χ1) is 1.91. The zero-order valence-electron chi connectivity index (χ0n) is 3.99. The molecule has 0 atom stereocenters. The Morgan fingerprint density at radius 1 is 1.80 bits per heavy atom. The molecule has 5 heavy (non-hydrogen) atoms. The van der Waals surface area contributed by atoms with Crippen LogP contribution in [0, 0.1) is 0 Å². The van der Waals surface area contributed by atoms with E-state index >= 15 is 0 Å². The molecular formula is C4H14N+. The molecule has 0 bridgehead atoms. The van der Waals surface area contributed by atoms with E-state index in [2.05, 4.69) is 6.92 Å². The molecule has 0 heterocycles. The van der Waals surface area contributed by atoms with Crippen LogP contribution in [-0.2, 0) is 0 Å². The van der Waals surface area contributed by atoms with Crippen molar-refractivity contribution in [2.75, 3.05) is 6.54 Å². The number of nitrogens with two attached hydrogens (primary N) is 1. The Morgan fingerprint density at radius 2 is 2.00 bits per heavy atom. The minimum atomic E-state index is 0. The van der Waals surface area contributed by atoms with E-state index in [0.717, 1.165) is 13.0 Å². The predicted molar refractivity (Wildman–Crippen MR) is 27.2 cm³/mol. The minimum absolute atomic E-state index is 0. The number of rotatable bonds is 1. The lowest BCUT2D eigenvalue weighted by atomic mass is 10.5. The van der Waals surface area contributed by atoms with Gasteiger partial charge in [-0.05, 0) is 13.0 Å². The molecule has 0 saturated carbocycles. The summed E-state index contributed by atoms with van der Waals surface area (Å²) in [6.07, 6.45) is 1.10. The third kappa shape index (κ3) is 16.5. The van der Waals surface area contributed by atoms with Crippen LogP contribution in [0.2, 0.25) is 0 Å². The van der Waals surface area contributed by atoms with E-state index in [1.54, 1.807) is 0 Å². The Hall–Kier alpha value is -0.0400. The second-order valence-electron chi connectivity index (χ2n) is 0.789. The molecule has 0 unspecified atom stereocenters. The molecule has 0 amide bonds. The van der Waals surface area contributed by atoms with Gasteiger partial charge in [-0.15, -0.1) is 0 Å². The standard InChI is InChI=1S/C3H9N.CH4/c1-2-3-4;/h2-4H2,1H3;1H4/p+1. The van der Waals surface area contributed by atoms with Crippen molar-refractivity contribution >= 4 is 0 Å². The monoisotopic (exact) mass is 76.1 g/mol. The summed E-state index contributed by atoms with van der Waals surface area (Å²) in [4.78, 5) is 0. The Labute approximate surface area is 35.7 Å². The molecule has 34 valence electrons. The van der Waals surface area contributed by atoms with Gasteiger partial charge in [0.25, 0.3) is 0 Å². The largest absolute Gasteiger partial charge is 1.00 e. The van der Waals surface area contributed by atoms with Gasteiger partial charge in [0, 0.05) is 0 Å². The minimum Gasteiger partial charge on any atom is -0.330 e. The Balaban J connectivity index is -0.0000000450. The van der Waals surface area contributed by atoms with Crippen LogP contribution >= 0.6 is 0 Å². The van der Waals surface area contributed by atoms with Gasteiger partial charge in [0.05, 0.1) is 0 Å². The Bertz CT molecular complexity index is 9.51. The van der Waals surface area contributed by atoms with Crippen LogP contribution in [0.15, 0.2) is 0 Å². The van der Waals surface area contributed by atoms with Gasteiger partial charge in [0.15, 0.2) is 0 Å². The maximum atomic E-state index is 5.03. The SMILES string of the molecule is C.CCCN.[H+]. The van der Waals surface area contributed by atoms with Gasteiger partial charge in [0.1, 0.15) is 0 Å². The van der Waals surface area contributed by atoms with E-state index in [1.807, 2.05) is 0 Å². The quantitative estimate of drug-likeness (QED) is 0.497. The third-order valence-electron chi connectivity index (χ3n) is 0.289. The highest BCUT2D eigenvalue weighted by Gasteiger charge is 1.55. The summed E-state index contributed by atoms with van der Waals surface area (Å²) in [5.74, 6) is 0. The van der Waals surface area contributed by atoms with Crippen molar-refractivity contribution in [2.24, 2.45) is 5.73 Å². The lowest BCUT2D eigenvalue weighted by Crippen LogP contribution is -1.93. The highest BCUT2D eigenvalue weighted by Crippen LogP contribution is 1.57. The first kappa shape index (κ1) is 8.88. The summed E-state index contributed by atoms with van der Waals surface area (Å²) in [6.45, 7) is 2.88. The van der Waals surface area contributed by atoms with Crippen LogP contribution in [0.4, 0.5) is 0 Å². The van der Waals surface area contributed by atoms with Crippen LogP contribution in [0.25, 0.3) is 0 Å². The summed E-state index contributed by atoms with van der Waals surface area (Å²) in [7, 11) is 0. The van der Waals surface area contributed by atoms with Gasteiger partial charge in [-0.2, -0.15) is 0 Å². The van der Waals surface area contributed by atoms with Crippen LogP contribution < -0.4 is 5.73 Å². The molecule has 0 radical (unpaired) electrons. The highest BCUT2D eigenvalue weighted by atomic mass is 14.5. The Kier molecular flexibility index (Phi) is 16.0. The normalized spacial score (nSPS) is 6.00. The molecule has 0 fully saturated rings. The van der Waals surface area contributed by atoms with Crippen molar-refractivity contribution in [1.82, 2.24) is 0 Å². The van der Waals surface area contributed by atoms with Gasteiger partial charge >= 0.3 is 1.43 Å². The predicted octanol–water partition coefficient (Wildman–Crippen LogP) is 1.10. The van der Waals surface area contributed by atoms with Gasteiger partial charge in [0.2, 0.25) is 0 Å². The zero-order chi connectivity index (χ0) is 3.41. The lowest BCUT2D eigenvalue weighted by Gasteiger charge is -1.70. The fourth-order valence-electron chi connectivity index (χ4n) is 0. The first-order valence-electron chi connectivity index (χ1n) is 1.62. The smallest absolute Gasteiger partial charge is 0.330 e. The second kappa shape index (κ2) is 9.03. The maximum Gasteiger partial charge on any atom is 1.00 e. The van der Waals surface area contributed by atoms with Crippen LogP contribution in [-0.4, -0.2) is 6.54 Å². The fraction of sp³-hybridized carbons (Fsp3) is 1.00. The lowest BCUT2D eigenvalue weighted by molar-refractivity contribution is 0.932. The van der Waals surface area contributed by atoms with E-state index < -0.39 is 0 Å². The summed E-state index contributed by atoms with van der Waals surface area (Å²) < 4.78 is 0. The molecule has 0 aromatic rings. The summed E-state index contributed by atoms with van der Waals surface area (Å²) in [5.41, 5.74) is 5.03. The van der Waals surface area contributed by atoms with Crippen molar-refractivity contribution in [2.45, 2.75) is 20.8 Å². The molecule has 0 aromatic carbocycles. The van der Waals surface area contributed by atoms with Gasteiger partial charge < -0.3 is 5.73 Å². The van der Waals surface area contributed by atoms with Gasteiger partial charge in [-0.3, -0.25) is 0 Å². The Morgan fingerprint density at radius 3 is 2.00 bits per heavy atom.